The fraction of sp³-hybridized carbons (Fsp3) is 0.308. The first-order valence-electron chi connectivity index (χ1n) is 5.36. The average Bonchev–Trinajstić information content (AvgIpc) is 2.34. The van der Waals surface area contributed by atoms with Crippen molar-refractivity contribution in [2.45, 2.75) is 11.3 Å². The van der Waals surface area contributed by atoms with Crippen LogP contribution in [0.4, 0.5) is 0 Å². The molecule has 17 heavy (non-hydrogen) atoms. The van der Waals surface area contributed by atoms with Crippen LogP contribution in [-0.4, -0.2) is 25.4 Å². The molecule has 0 saturated carbocycles. The van der Waals surface area contributed by atoms with E-state index in [2.05, 4.69) is 6.58 Å². The first kappa shape index (κ1) is 13.8. The summed E-state index contributed by atoms with van der Waals surface area (Å²) in [5.74, 6) is 0.537. The van der Waals surface area contributed by atoms with Crippen LogP contribution in [0.15, 0.2) is 35.7 Å². The van der Waals surface area contributed by atoms with Crippen LogP contribution in [0.1, 0.15) is 12.0 Å². The third-order valence-corrected chi connectivity index (χ3v) is 3.36. The summed E-state index contributed by atoms with van der Waals surface area (Å²) in [6.07, 6.45) is 1.02. The highest BCUT2D eigenvalue weighted by Crippen LogP contribution is 2.21. The Hall–Kier alpha value is -1.26. The minimum absolute atomic E-state index is 0.348. The molecule has 0 unspecified atom stereocenters. The Labute approximate surface area is 106 Å². The van der Waals surface area contributed by atoms with E-state index in [0.717, 1.165) is 24.3 Å². The van der Waals surface area contributed by atoms with Crippen molar-refractivity contribution >= 4 is 23.2 Å². The maximum Gasteiger partial charge on any atom is 0.248 e. The number of carbonyl (C=O) groups is 1. The van der Waals surface area contributed by atoms with Gasteiger partial charge in [0.1, 0.15) is 0 Å². The molecule has 0 aliphatic carbocycles. The Morgan fingerprint density at radius 3 is 2.59 bits per heavy atom. The van der Waals surface area contributed by atoms with Crippen molar-refractivity contribution in [1.29, 1.82) is 0 Å². The Morgan fingerprint density at radius 1 is 1.41 bits per heavy atom. The minimum Gasteiger partial charge on any atom is -0.385 e. The normalized spacial score (nSPS) is 10.2. The Kier molecular flexibility index (Phi) is 5.80. The van der Waals surface area contributed by atoms with Gasteiger partial charge < -0.3 is 10.5 Å². The molecule has 0 atom stereocenters. The van der Waals surface area contributed by atoms with E-state index in [-0.39, 0.29) is 0 Å². The van der Waals surface area contributed by atoms with Crippen molar-refractivity contribution in [1.82, 2.24) is 0 Å². The van der Waals surface area contributed by atoms with Crippen LogP contribution < -0.4 is 5.73 Å². The number of amides is 1. The van der Waals surface area contributed by atoms with Gasteiger partial charge in [0, 0.05) is 29.9 Å². The zero-order valence-electron chi connectivity index (χ0n) is 9.94. The molecular weight excluding hydrogens is 234 g/mol. The van der Waals surface area contributed by atoms with Crippen LogP contribution in [0.5, 0.6) is 0 Å². The maximum atomic E-state index is 10.9. The van der Waals surface area contributed by atoms with E-state index < -0.39 is 5.91 Å². The minimum atomic E-state index is -0.481. The lowest BCUT2D eigenvalue weighted by atomic mass is 10.1. The molecule has 0 aliphatic rings. The molecule has 0 heterocycles. The number of methoxy groups -OCH3 is 1. The summed E-state index contributed by atoms with van der Waals surface area (Å²) in [7, 11) is 1.70. The largest absolute Gasteiger partial charge is 0.385 e. The highest BCUT2D eigenvalue weighted by molar-refractivity contribution is 7.99. The molecule has 2 N–H and O–H groups in total. The first-order valence-corrected chi connectivity index (χ1v) is 6.34. The number of carbonyl (C=O) groups excluding carboxylic acids is 1. The van der Waals surface area contributed by atoms with Crippen LogP contribution in [0.25, 0.3) is 5.57 Å². The molecule has 0 aromatic heterocycles. The third kappa shape index (κ3) is 4.63. The number of hydrogen-bond donors (Lipinski definition) is 1. The summed E-state index contributed by atoms with van der Waals surface area (Å²) >= 11 is 1.76. The van der Waals surface area contributed by atoms with Gasteiger partial charge in [-0.3, -0.25) is 4.79 Å². The van der Waals surface area contributed by atoms with Crippen LogP contribution in [0.3, 0.4) is 0 Å². The van der Waals surface area contributed by atoms with E-state index in [1.165, 1.54) is 4.90 Å². The van der Waals surface area contributed by atoms with Gasteiger partial charge in [0.15, 0.2) is 0 Å². The van der Waals surface area contributed by atoms with E-state index in [1.807, 2.05) is 24.3 Å². The smallest absolute Gasteiger partial charge is 0.248 e. The molecule has 0 radical (unpaired) electrons. The van der Waals surface area contributed by atoms with Gasteiger partial charge in [0.25, 0.3) is 0 Å². The van der Waals surface area contributed by atoms with E-state index >= 15 is 0 Å². The van der Waals surface area contributed by atoms with Crippen molar-refractivity contribution < 1.29 is 9.53 Å². The molecule has 92 valence electrons. The quantitative estimate of drug-likeness (QED) is 0.459. The van der Waals surface area contributed by atoms with E-state index in [0.29, 0.717) is 5.57 Å². The number of ether oxygens (including phenoxy) is 1. The van der Waals surface area contributed by atoms with Gasteiger partial charge in [-0.1, -0.05) is 18.7 Å². The lowest BCUT2D eigenvalue weighted by Gasteiger charge is -2.04. The van der Waals surface area contributed by atoms with Crippen LogP contribution >= 0.6 is 11.8 Å². The number of nitrogens with two attached hydrogens (primary N) is 1. The fourth-order valence-corrected chi connectivity index (χ4v) is 2.11. The molecular formula is C13H17NO2S. The zero-order valence-corrected chi connectivity index (χ0v) is 10.8. The summed E-state index contributed by atoms with van der Waals surface area (Å²) in [6.45, 7) is 4.42. The standard InChI is InChI=1S/C13H17NO2S/c1-10(13(14)15)11-4-6-12(7-5-11)17-9-3-8-16-2/h4-7H,1,3,8-9H2,2H3,(H2,14,15). The SMILES string of the molecule is C=C(C(N)=O)c1ccc(SCCCOC)cc1. The second kappa shape index (κ2) is 7.14. The molecule has 1 amide bonds. The third-order valence-electron chi connectivity index (χ3n) is 2.26. The molecule has 0 spiro atoms. The van der Waals surface area contributed by atoms with Gasteiger partial charge in [-0.15, -0.1) is 11.8 Å². The number of rotatable bonds is 7. The monoisotopic (exact) mass is 251 g/mol. The molecule has 4 heteroatoms. The first-order chi connectivity index (χ1) is 8.15. The van der Waals surface area contributed by atoms with Crippen molar-refractivity contribution in [3.63, 3.8) is 0 Å². The highest BCUT2D eigenvalue weighted by atomic mass is 32.2. The number of primary amides is 1. The van der Waals surface area contributed by atoms with Gasteiger partial charge in [-0.2, -0.15) is 0 Å². The van der Waals surface area contributed by atoms with E-state index in [9.17, 15) is 4.79 Å². The predicted octanol–water partition coefficient (Wildman–Crippen LogP) is 2.31. The van der Waals surface area contributed by atoms with Crippen LogP contribution in [0, 0.1) is 0 Å². The van der Waals surface area contributed by atoms with Crippen molar-refractivity contribution in [3.8, 4) is 0 Å². The van der Waals surface area contributed by atoms with Crippen molar-refractivity contribution in [2.24, 2.45) is 5.73 Å². The molecule has 1 aromatic carbocycles. The second-order valence-electron chi connectivity index (χ2n) is 3.56. The van der Waals surface area contributed by atoms with Crippen LogP contribution in [-0.2, 0) is 9.53 Å². The summed E-state index contributed by atoms with van der Waals surface area (Å²) in [6, 6.07) is 7.68. The number of thioether (sulfide) groups is 1. The highest BCUT2D eigenvalue weighted by Gasteiger charge is 2.04. The predicted molar refractivity (Wildman–Crippen MR) is 71.9 cm³/mol. The lowest BCUT2D eigenvalue weighted by molar-refractivity contribution is -0.112. The van der Waals surface area contributed by atoms with Gasteiger partial charge in [0.05, 0.1) is 0 Å². The zero-order chi connectivity index (χ0) is 12.7. The summed E-state index contributed by atoms with van der Waals surface area (Å²) < 4.78 is 4.98. The van der Waals surface area contributed by atoms with E-state index in [1.54, 1.807) is 18.9 Å². The Bertz CT molecular complexity index is 387. The molecule has 0 saturated heterocycles. The van der Waals surface area contributed by atoms with Crippen LogP contribution in [0.2, 0.25) is 0 Å². The van der Waals surface area contributed by atoms with E-state index in [4.69, 9.17) is 10.5 Å². The van der Waals surface area contributed by atoms with Gasteiger partial charge in [0.2, 0.25) is 5.91 Å². The van der Waals surface area contributed by atoms with Gasteiger partial charge >= 0.3 is 0 Å². The Morgan fingerprint density at radius 2 is 2.06 bits per heavy atom. The van der Waals surface area contributed by atoms with Gasteiger partial charge in [-0.25, -0.2) is 0 Å². The maximum absolute atomic E-state index is 10.9. The molecule has 3 nitrogen and oxygen atoms in total. The number of hydrogen-bond acceptors (Lipinski definition) is 3. The molecule has 0 fully saturated rings. The molecule has 1 rings (SSSR count). The summed E-state index contributed by atoms with van der Waals surface area (Å²) in [5, 5.41) is 0. The molecule has 1 aromatic rings. The summed E-state index contributed by atoms with van der Waals surface area (Å²) in [4.78, 5) is 12.1. The molecule has 0 bridgehead atoms. The van der Waals surface area contributed by atoms with Crippen molar-refractivity contribution in [3.05, 3.63) is 36.4 Å². The average molecular weight is 251 g/mol. The summed E-state index contributed by atoms with van der Waals surface area (Å²) in [5.41, 5.74) is 6.29. The van der Waals surface area contributed by atoms with Gasteiger partial charge in [-0.05, 0) is 24.1 Å². The lowest BCUT2D eigenvalue weighted by Crippen LogP contribution is -2.11. The molecule has 0 aliphatic heterocycles. The van der Waals surface area contributed by atoms with Crippen molar-refractivity contribution in [2.75, 3.05) is 19.5 Å². The topological polar surface area (TPSA) is 52.3 Å². The fourth-order valence-electron chi connectivity index (χ4n) is 1.29. The second-order valence-corrected chi connectivity index (χ2v) is 4.73. The number of benzene rings is 1. The Balaban J connectivity index is 2.50.